The molecule has 0 unspecified atom stereocenters. The van der Waals surface area contributed by atoms with Crippen LogP contribution < -0.4 is 10.7 Å². The van der Waals surface area contributed by atoms with Gasteiger partial charge in [0.1, 0.15) is 12.2 Å². The summed E-state index contributed by atoms with van der Waals surface area (Å²) in [6, 6.07) is 13.7. The standard InChI is InChI=1S/C16H14BrN3O3/c17-12-6-2-3-7-13(12)19-15(22)9-16(23)20-18-10-11-5-1-4-8-14(11)21/h1-8,10,21H,9H2,(H,19,22)(H,20,23). The summed E-state index contributed by atoms with van der Waals surface area (Å²) in [5.74, 6) is -0.953. The maximum absolute atomic E-state index is 11.8. The Kier molecular flexibility index (Phi) is 5.87. The number of phenols is 1. The SMILES string of the molecule is O=C(CC(=O)Nc1ccccc1Br)NN=Cc1ccccc1O. The van der Waals surface area contributed by atoms with Crippen LogP contribution in [-0.4, -0.2) is 23.1 Å². The molecule has 0 radical (unpaired) electrons. The molecule has 0 saturated carbocycles. The Balaban J connectivity index is 1.84. The molecule has 0 aliphatic rings. The molecular weight excluding hydrogens is 362 g/mol. The average molecular weight is 376 g/mol. The molecule has 0 aliphatic heterocycles. The fourth-order valence-electron chi connectivity index (χ4n) is 1.71. The highest BCUT2D eigenvalue weighted by molar-refractivity contribution is 9.10. The van der Waals surface area contributed by atoms with Crippen LogP contribution in [0.5, 0.6) is 5.75 Å². The lowest BCUT2D eigenvalue weighted by atomic mass is 10.2. The molecule has 0 spiro atoms. The van der Waals surface area contributed by atoms with Crippen LogP contribution >= 0.6 is 15.9 Å². The summed E-state index contributed by atoms with van der Waals surface area (Å²) in [6.45, 7) is 0. The van der Waals surface area contributed by atoms with Crippen LogP contribution in [0.1, 0.15) is 12.0 Å². The van der Waals surface area contributed by atoms with Crippen LogP contribution in [0.15, 0.2) is 58.1 Å². The molecule has 6 nitrogen and oxygen atoms in total. The number of phenolic OH excluding ortho intramolecular Hbond substituents is 1. The topological polar surface area (TPSA) is 90.8 Å². The summed E-state index contributed by atoms with van der Waals surface area (Å²) in [4.78, 5) is 23.4. The third-order valence-corrected chi connectivity index (χ3v) is 3.49. The first-order chi connectivity index (χ1) is 11.1. The quantitative estimate of drug-likeness (QED) is 0.426. The zero-order valence-electron chi connectivity index (χ0n) is 12.0. The zero-order valence-corrected chi connectivity index (χ0v) is 13.6. The number of halogens is 1. The van der Waals surface area contributed by atoms with Gasteiger partial charge in [-0.2, -0.15) is 5.10 Å². The van der Waals surface area contributed by atoms with Gasteiger partial charge in [-0.3, -0.25) is 9.59 Å². The summed E-state index contributed by atoms with van der Waals surface area (Å²) in [5, 5.41) is 15.9. The first kappa shape index (κ1) is 16.7. The fourth-order valence-corrected chi connectivity index (χ4v) is 2.10. The minimum atomic E-state index is -0.554. The van der Waals surface area contributed by atoms with E-state index < -0.39 is 11.8 Å². The van der Waals surface area contributed by atoms with Crippen molar-refractivity contribution in [1.29, 1.82) is 0 Å². The molecule has 0 bridgehead atoms. The second-order valence-electron chi connectivity index (χ2n) is 4.56. The molecule has 23 heavy (non-hydrogen) atoms. The minimum absolute atomic E-state index is 0.0529. The van der Waals surface area contributed by atoms with E-state index in [4.69, 9.17) is 0 Å². The summed E-state index contributed by atoms with van der Waals surface area (Å²) >= 11 is 3.30. The molecule has 7 heteroatoms. The highest BCUT2D eigenvalue weighted by Gasteiger charge is 2.10. The second kappa shape index (κ2) is 8.09. The molecule has 0 atom stereocenters. The summed E-state index contributed by atoms with van der Waals surface area (Å²) in [5.41, 5.74) is 3.29. The number of anilines is 1. The number of para-hydroxylation sites is 2. The van der Waals surface area contributed by atoms with Crippen molar-refractivity contribution in [3.63, 3.8) is 0 Å². The van der Waals surface area contributed by atoms with Gasteiger partial charge in [-0.15, -0.1) is 0 Å². The molecule has 118 valence electrons. The Labute approximate surface area is 141 Å². The summed E-state index contributed by atoms with van der Waals surface area (Å²) in [7, 11) is 0. The van der Waals surface area contributed by atoms with E-state index in [2.05, 4.69) is 31.8 Å². The molecule has 0 aromatic heterocycles. The van der Waals surface area contributed by atoms with Gasteiger partial charge in [0.2, 0.25) is 11.8 Å². The van der Waals surface area contributed by atoms with Crippen molar-refractivity contribution in [3.8, 4) is 5.75 Å². The van der Waals surface area contributed by atoms with Gasteiger partial charge in [0, 0.05) is 10.0 Å². The molecule has 0 fully saturated rings. The molecule has 0 heterocycles. The first-order valence-corrected chi connectivity index (χ1v) is 7.50. The van der Waals surface area contributed by atoms with Crippen LogP contribution in [0.3, 0.4) is 0 Å². The Hall–Kier alpha value is -2.67. The molecule has 2 aromatic rings. The normalized spacial score (nSPS) is 10.5. The van der Waals surface area contributed by atoms with Crippen LogP contribution in [0, 0.1) is 0 Å². The number of aromatic hydroxyl groups is 1. The third kappa shape index (κ3) is 5.23. The maximum atomic E-state index is 11.8. The van der Waals surface area contributed by atoms with Gasteiger partial charge in [-0.25, -0.2) is 5.43 Å². The monoisotopic (exact) mass is 375 g/mol. The molecular formula is C16H14BrN3O3. The van der Waals surface area contributed by atoms with Crippen molar-refractivity contribution >= 4 is 39.6 Å². The number of nitrogens with one attached hydrogen (secondary N) is 2. The van der Waals surface area contributed by atoms with Crippen molar-refractivity contribution in [2.45, 2.75) is 6.42 Å². The molecule has 2 rings (SSSR count). The van der Waals surface area contributed by atoms with Crippen LogP contribution in [0.4, 0.5) is 5.69 Å². The number of amides is 2. The summed E-state index contributed by atoms with van der Waals surface area (Å²) in [6.07, 6.45) is 0.943. The predicted molar refractivity (Wildman–Crippen MR) is 91.2 cm³/mol. The smallest absolute Gasteiger partial charge is 0.249 e. The van der Waals surface area contributed by atoms with E-state index in [1.165, 1.54) is 12.3 Å². The van der Waals surface area contributed by atoms with Crippen LogP contribution in [0.25, 0.3) is 0 Å². The maximum Gasteiger partial charge on any atom is 0.249 e. The predicted octanol–water partition coefficient (Wildman–Crippen LogP) is 2.63. The number of carbonyl (C=O) groups excluding carboxylic acids is 2. The molecule has 0 aliphatic carbocycles. The van der Waals surface area contributed by atoms with Crippen molar-refractivity contribution in [3.05, 3.63) is 58.6 Å². The van der Waals surface area contributed by atoms with Crippen molar-refractivity contribution in [2.24, 2.45) is 5.10 Å². The fraction of sp³-hybridized carbons (Fsp3) is 0.0625. The Morgan fingerprint density at radius 1 is 1.09 bits per heavy atom. The number of rotatable bonds is 5. The van der Waals surface area contributed by atoms with Gasteiger partial charge in [0.05, 0.1) is 11.9 Å². The van der Waals surface area contributed by atoms with E-state index in [0.717, 1.165) is 4.47 Å². The van der Waals surface area contributed by atoms with Crippen molar-refractivity contribution in [1.82, 2.24) is 5.43 Å². The van der Waals surface area contributed by atoms with Gasteiger partial charge in [-0.05, 0) is 40.2 Å². The molecule has 2 amide bonds. The van der Waals surface area contributed by atoms with Crippen LogP contribution in [0.2, 0.25) is 0 Å². The average Bonchev–Trinajstić information content (AvgIpc) is 2.51. The largest absolute Gasteiger partial charge is 0.507 e. The van der Waals surface area contributed by atoms with Gasteiger partial charge in [0.25, 0.3) is 0 Å². The van der Waals surface area contributed by atoms with E-state index in [0.29, 0.717) is 11.3 Å². The number of benzene rings is 2. The Bertz CT molecular complexity index is 747. The summed E-state index contributed by atoms with van der Waals surface area (Å²) < 4.78 is 0.728. The van der Waals surface area contributed by atoms with Gasteiger partial charge < -0.3 is 10.4 Å². The Morgan fingerprint density at radius 2 is 1.78 bits per heavy atom. The van der Waals surface area contributed by atoms with Gasteiger partial charge >= 0.3 is 0 Å². The minimum Gasteiger partial charge on any atom is -0.507 e. The first-order valence-electron chi connectivity index (χ1n) is 6.70. The second-order valence-corrected chi connectivity index (χ2v) is 5.41. The van der Waals surface area contributed by atoms with Crippen molar-refractivity contribution < 1.29 is 14.7 Å². The number of nitrogens with zero attached hydrogens (tertiary/aromatic N) is 1. The van der Waals surface area contributed by atoms with E-state index in [1.54, 1.807) is 36.4 Å². The molecule has 3 N–H and O–H groups in total. The van der Waals surface area contributed by atoms with E-state index in [1.807, 2.05) is 6.07 Å². The highest BCUT2D eigenvalue weighted by atomic mass is 79.9. The number of hydrogen-bond donors (Lipinski definition) is 3. The van der Waals surface area contributed by atoms with E-state index in [9.17, 15) is 14.7 Å². The van der Waals surface area contributed by atoms with E-state index in [-0.39, 0.29) is 12.2 Å². The van der Waals surface area contributed by atoms with Gasteiger partial charge in [-0.1, -0.05) is 24.3 Å². The highest BCUT2D eigenvalue weighted by Crippen LogP contribution is 2.21. The third-order valence-electron chi connectivity index (χ3n) is 2.80. The number of hydrazone groups is 1. The van der Waals surface area contributed by atoms with Crippen LogP contribution in [-0.2, 0) is 9.59 Å². The lowest BCUT2D eigenvalue weighted by Crippen LogP contribution is -2.24. The van der Waals surface area contributed by atoms with E-state index >= 15 is 0 Å². The number of hydrogen-bond acceptors (Lipinski definition) is 4. The lowest BCUT2D eigenvalue weighted by Gasteiger charge is -2.06. The Morgan fingerprint density at radius 3 is 2.52 bits per heavy atom. The number of carbonyl (C=O) groups is 2. The molecule has 0 saturated heterocycles. The lowest BCUT2D eigenvalue weighted by molar-refractivity contribution is -0.126. The zero-order chi connectivity index (χ0) is 16.7. The van der Waals surface area contributed by atoms with Crippen molar-refractivity contribution in [2.75, 3.05) is 5.32 Å². The van der Waals surface area contributed by atoms with Gasteiger partial charge in [0.15, 0.2) is 0 Å². The molecule has 2 aromatic carbocycles.